The summed E-state index contributed by atoms with van der Waals surface area (Å²) in [6.07, 6.45) is 1.41. The van der Waals surface area contributed by atoms with E-state index in [-0.39, 0.29) is 28.7 Å². The lowest BCUT2D eigenvalue weighted by Crippen LogP contribution is -2.35. The van der Waals surface area contributed by atoms with E-state index in [0.717, 1.165) is 0 Å². The number of ether oxygens (including phenoxy) is 2. The van der Waals surface area contributed by atoms with E-state index in [4.69, 9.17) is 32.7 Å². The average molecular weight is 512 g/mol. The molecule has 0 saturated carbocycles. The number of rotatable bonds is 7. The Morgan fingerprint density at radius 3 is 2.46 bits per heavy atom. The van der Waals surface area contributed by atoms with E-state index in [2.05, 4.69) is 10.7 Å². The number of methoxy groups -OCH3 is 1. The van der Waals surface area contributed by atoms with E-state index >= 15 is 0 Å². The van der Waals surface area contributed by atoms with Crippen molar-refractivity contribution in [3.8, 4) is 11.5 Å². The standard InChI is InChI=1S/C25H19Cl2N3O5/c1-34-21-13-15(11-19-24(32)29-30(25(19)33)18-5-3-2-4-6-18)12-20(27)23(21)35-14-22(31)28-17-9-7-16(26)8-10-17/h2-13H,14H2,1H3,(H,28,31)(H,29,32)/b19-11-. The zero-order valence-corrected chi connectivity index (χ0v) is 19.9. The van der Waals surface area contributed by atoms with Crippen molar-refractivity contribution in [2.45, 2.75) is 0 Å². The number of halogens is 2. The van der Waals surface area contributed by atoms with Crippen LogP contribution in [-0.4, -0.2) is 31.4 Å². The van der Waals surface area contributed by atoms with Crippen molar-refractivity contribution in [1.82, 2.24) is 5.43 Å². The number of hydrazine groups is 1. The molecule has 1 aliphatic rings. The molecule has 1 fully saturated rings. The molecule has 0 spiro atoms. The normalized spacial score (nSPS) is 14.1. The van der Waals surface area contributed by atoms with Gasteiger partial charge in [0.25, 0.3) is 17.7 Å². The summed E-state index contributed by atoms with van der Waals surface area (Å²) in [5.41, 5.74) is 4.01. The van der Waals surface area contributed by atoms with Crippen LogP contribution in [0, 0.1) is 0 Å². The summed E-state index contributed by atoms with van der Waals surface area (Å²) in [6, 6.07) is 18.4. The van der Waals surface area contributed by atoms with Gasteiger partial charge in [-0.3, -0.25) is 19.8 Å². The number of hydrogen-bond donors (Lipinski definition) is 2. The SMILES string of the molecule is COc1cc(/C=C2/C(=O)NN(c3ccccc3)C2=O)cc(Cl)c1OCC(=O)Nc1ccc(Cl)cc1. The van der Waals surface area contributed by atoms with Crippen LogP contribution in [0.2, 0.25) is 10.0 Å². The molecular formula is C25H19Cl2N3O5. The summed E-state index contributed by atoms with van der Waals surface area (Å²) in [5, 5.41) is 4.54. The summed E-state index contributed by atoms with van der Waals surface area (Å²) < 4.78 is 10.9. The highest BCUT2D eigenvalue weighted by molar-refractivity contribution is 6.33. The molecule has 2 N–H and O–H groups in total. The molecule has 3 aromatic carbocycles. The fourth-order valence-corrected chi connectivity index (χ4v) is 3.71. The third-order valence-electron chi connectivity index (χ3n) is 4.94. The molecule has 0 atom stereocenters. The molecule has 0 radical (unpaired) electrons. The Bertz CT molecular complexity index is 1310. The summed E-state index contributed by atoms with van der Waals surface area (Å²) in [5.74, 6) is -1.08. The lowest BCUT2D eigenvalue weighted by molar-refractivity contribution is -0.118. The fraction of sp³-hybridized carbons (Fsp3) is 0.0800. The molecule has 35 heavy (non-hydrogen) atoms. The molecule has 8 nitrogen and oxygen atoms in total. The third-order valence-corrected chi connectivity index (χ3v) is 5.48. The number of para-hydroxylation sites is 1. The van der Waals surface area contributed by atoms with Crippen molar-refractivity contribution in [1.29, 1.82) is 0 Å². The first-order valence-electron chi connectivity index (χ1n) is 10.3. The van der Waals surface area contributed by atoms with Crippen LogP contribution in [0.4, 0.5) is 11.4 Å². The lowest BCUT2D eigenvalue weighted by Gasteiger charge is -2.14. The van der Waals surface area contributed by atoms with Gasteiger partial charge in [0.1, 0.15) is 5.57 Å². The molecular weight excluding hydrogens is 493 g/mol. The smallest absolute Gasteiger partial charge is 0.282 e. The van der Waals surface area contributed by atoms with Crippen molar-refractivity contribution < 1.29 is 23.9 Å². The molecule has 3 aromatic rings. The molecule has 1 saturated heterocycles. The van der Waals surface area contributed by atoms with Gasteiger partial charge in [0.05, 0.1) is 17.8 Å². The van der Waals surface area contributed by atoms with Crippen molar-refractivity contribution in [2.24, 2.45) is 0 Å². The maximum atomic E-state index is 12.8. The minimum atomic E-state index is -0.548. The van der Waals surface area contributed by atoms with Crippen LogP contribution >= 0.6 is 23.2 Å². The first-order valence-corrected chi connectivity index (χ1v) is 11.1. The number of hydrogen-bond acceptors (Lipinski definition) is 5. The van der Waals surface area contributed by atoms with Gasteiger partial charge >= 0.3 is 0 Å². The molecule has 0 bridgehead atoms. The van der Waals surface area contributed by atoms with Crippen molar-refractivity contribution in [3.05, 3.63) is 87.9 Å². The van der Waals surface area contributed by atoms with Crippen LogP contribution in [0.1, 0.15) is 5.56 Å². The monoisotopic (exact) mass is 511 g/mol. The third kappa shape index (κ3) is 5.56. The summed E-state index contributed by atoms with van der Waals surface area (Å²) in [7, 11) is 1.41. The zero-order chi connectivity index (χ0) is 24.9. The first kappa shape index (κ1) is 24.1. The van der Waals surface area contributed by atoms with Gasteiger partial charge in [-0.05, 0) is 60.2 Å². The van der Waals surface area contributed by atoms with Gasteiger partial charge in [0, 0.05) is 10.7 Å². The summed E-state index contributed by atoms with van der Waals surface area (Å²) in [6.45, 7) is -0.327. The van der Waals surface area contributed by atoms with Crippen LogP contribution in [0.3, 0.4) is 0 Å². The Hall–Kier alpha value is -4.01. The van der Waals surface area contributed by atoms with Crippen LogP contribution in [0.5, 0.6) is 11.5 Å². The molecule has 3 amide bonds. The topological polar surface area (TPSA) is 97.0 Å². The van der Waals surface area contributed by atoms with E-state index in [1.165, 1.54) is 24.3 Å². The minimum absolute atomic E-state index is 0.0667. The molecule has 178 valence electrons. The highest BCUT2D eigenvalue weighted by atomic mass is 35.5. The predicted octanol–water partition coefficient (Wildman–Crippen LogP) is 4.48. The van der Waals surface area contributed by atoms with Crippen LogP contribution in [0.15, 0.2) is 72.3 Å². The number of benzene rings is 3. The van der Waals surface area contributed by atoms with Gasteiger partial charge in [-0.1, -0.05) is 41.4 Å². The Kier molecular flexibility index (Phi) is 7.24. The van der Waals surface area contributed by atoms with Gasteiger partial charge in [-0.2, -0.15) is 0 Å². The molecule has 1 aliphatic heterocycles. The zero-order valence-electron chi connectivity index (χ0n) is 18.4. The van der Waals surface area contributed by atoms with Gasteiger partial charge in [-0.15, -0.1) is 0 Å². The largest absolute Gasteiger partial charge is 0.493 e. The van der Waals surface area contributed by atoms with Crippen LogP contribution < -0.4 is 25.2 Å². The number of nitrogens with one attached hydrogen (secondary N) is 2. The molecule has 10 heteroatoms. The number of nitrogens with zero attached hydrogens (tertiary/aromatic N) is 1. The second-order valence-electron chi connectivity index (χ2n) is 7.35. The van der Waals surface area contributed by atoms with Gasteiger partial charge < -0.3 is 14.8 Å². The quantitative estimate of drug-likeness (QED) is 0.360. The minimum Gasteiger partial charge on any atom is -0.493 e. The van der Waals surface area contributed by atoms with Crippen LogP contribution in [0.25, 0.3) is 6.08 Å². The number of carbonyl (C=O) groups is 3. The van der Waals surface area contributed by atoms with E-state index < -0.39 is 17.7 Å². The Morgan fingerprint density at radius 1 is 1.06 bits per heavy atom. The van der Waals surface area contributed by atoms with Gasteiger partial charge in [0.2, 0.25) is 0 Å². The maximum Gasteiger partial charge on any atom is 0.282 e. The number of carbonyl (C=O) groups excluding carboxylic acids is 3. The van der Waals surface area contributed by atoms with E-state index in [1.54, 1.807) is 54.6 Å². The molecule has 0 unspecified atom stereocenters. The highest BCUT2D eigenvalue weighted by Gasteiger charge is 2.34. The van der Waals surface area contributed by atoms with Crippen LogP contribution in [-0.2, 0) is 14.4 Å². The van der Waals surface area contributed by atoms with Gasteiger partial charge in [-0.25, -0.2) is 5.01 Å². The van der Waals surface area contributed by atoms with E-state index in [9.17, 15) is 14.4 Å². The Labute approximate surface area is 211 Å². The average Bonchev–Trinajstić information content (AvgIpc) is 3.13. The van der Waals surface area contributed by atoms with Crippen molar-refractivity contribution in [3.63, 3.8) is 0 Å². The predicted molar refractivity (Wildman–Crippen MR) is 134 cm³/mol. The van der Waals surface area contributed by atoms with E-state index in [0.29, 0.717) is 22.0 Å². The van der Waals surface area contributed by atoms with Crippen molar-refractivity contribution >= 4 is 58.4 Å². The number of anilines is 2. The molecule has 0 aromatic heterocycles. The van der Waals surface area contributed by atoms with Gasteiger partial charge in [0.15, 0.2) is 18.1 Å². The second-order valence-corrected chi connectivity index (χ2v) is 8.20. The first-order chi connectivity index (χ1) is 16.9. The highest BCUT2D eigenvalue weighted by Crippen LogP contribution is 2.37. The molecule has 4 rings (SSSR count). The van der Waals surface area contributed by atoms with Crippen molar-refractivity contribution in [2.75, 3.05) is 24.0 Å². The van der Waals surface area contributed by atoms with E-state index in [1.807, 2.05) is 6.07 Å². The Balaban J connectivity index is 1.50. The number of amides is 3. The second kappa shape index (κ2) is 10.5. The summed E-state index contributed by atoms with van der Waals surface area (Å²) in [4.78, 5) is 37.5. The fourth-order valence-electron chi connectivity index (χ4n) is 3.31. The Morgan fingerprint density at radius 2 is 1.77 bits per heavy atom. The summed E-state index contributed by atoms with van der Waals surface area (Å²) >= 11 is 12.2. The molecule has 1 heterocycles. The molecule has 0 aliphatic carbocycles. The lowest BCUT2D eigenvalue weighted by atomic mass is 10.1. The maximum absolute atomic E-state index is 12.8.